The maximum atomic E-state index is 11.4. The zero-order valence-corrected chi connectivity index (χ0v) is 10.4. The lowest BCUT2D eigenvalue weighted by Crippen LogP contribution is -2.05. The maximum Gasteiger partial charge on any atom is 0.175 e. The van der Waals surface area contributed by atoms with Gasteiger partial charge in [0.1, 0.15) is 5.75 Å². The molecular weight excluding hydrogens is 228 g/mol. The molecule has 0 radical (unpaired) electrons. The van der Waals surface area contributed by atoms with Crippen LogP contribution in [0.3, 0.4) is 0 Å². The molecule has 0 aliphatic carbocycles. The minimum atomic E-state index is -3.23. The number of aliphatic hydroxyl groups excluding tert-OH is 1. The molecule has 0 amide bonds. The molecule has 1 rings (SSSR count). The molecule has 16 heavy (non-hydrogen) atoms. The van der Waals surface area contributed by atoms with E-state index < -0.39 is 9.84 Å². The second-order valence-electron chi connectivity index (χ2n) is 3.76. The van der Waals surface area contributed by atoms with Crippen LogP contribution in [0.2, 0.25) is 0 Å². The minimum absolute atomic E-state index is 0.0520. The monoisotopic (exact) mass is 244 g/mol. The number of benzene rings is 1. The Morgan fingerprint density at radius 3 is 2.50 bits per heavy atom. The lowest BCUT2D eigenvalue weighted by molar-refractivity contribution is 0.269. The van der Waals surface area contributed by atoms with E-state index in [-0.39, 0.29) is 17.4 Å². The molecule has 90 valence electrons. The van der Waals surface area contributed by atoms with E-state index >= 15 is 0 Å². The Balaban J connectivity index is 3.32. The number of aliphatic hydroxyl groups is 1. The predicted octanol–water partition coefficient (Wildman–Crippen LogP) is 1.19. The second-order valence-corrected chi connectivity index (χ2v) is 5.78. The fourth-order valence-corrected chi connectivity index (χ4v) is 2.08. The summed E-state index contributed by atoms with van der Waals surface area (Å²) in [6.45, 7) is 1.76. The highest BCUT2D eigenvalue weighted by Gasteiger charge is 2.15. The molecule has 0 heterocycles. The number of sulfone groups is 1. The summed E-state index contributed by atoms with van der Waals surface area (Å²) in [5.41, 5.74) is 0.702. The number of hydrogen-bond donors (Lipinski definition) is 1. The summed E-state index contributed by atoms with van der Waals surface area (Å²) < 4.78 is 27.9. The van der Waals surface area contributed by atoms with Crippen LogP contribution < -0.4 is 4.74 Å². The van der Waals surface area contributed by atoms with Gasteiger partial charge in [-0.1, -0.05) is 6.92 Å². The van der Waals surface area contributed by atoms with Crippen molar-refractivity contribution in [2.75, 3.05) is 20.0 Å². The van der Waals surface area contributed by atoms with Crippen molar-refractivity contribution in [3.8, 4) is 5.75 Å². The molecule has 0 bridgehead atoms. The standard InChI is InChI=1S/C11H16O4S/c1-8(7-12)10-6-9(16(3,13)14)4-5-11(10)15-2/h4-6,8,12H,7H2,1-3H3. The number of ether oxygens (including phenoxy) is 1. The lowest BCUT2D eigenvalue weighted by Gasteiger charge is -2.14. The summed E-state index contributed by atoms with van der Waals surface area (Å²) in [7, 11) is -1.71. The fourth-order valence-electron chi connectivity index (χ4n) is 1.43. The first-order chi connectivity index (χ1) is 7.40. The van der Waals surface area contributed by atoms with E-state index in [1.54, 1.807) is 12.1 Å². The van der Waals surface area contributed by atoms with E-state index in [2.05, 4.69) is 0 Å². The fraction of sp³-hybridized carbons (Fsp3) is 0.455. The van der Waals surface area contributed by atoms with Gasteiger partial charge in [-0.05, 0) is 18.2 Å². The average Bonchev–Trinajstić information content (AvgIpc) is 2.25. The first-order valence-electron chi connectivity index (χ1n) is 4.89. The van der Waals surface area contributed by atoms with Crippen LogP contribution in [0, 0.1) is 0 Å². The molecule has 5 heteroatoms. The Bertz CT molecular complexity index is 465. The molecule has 0 spiro atoms. The molecule has 0 fully saturated rings. The van der Waals surface area contributed by atoms with Crippen molar-refractivity contribution >= 4 is 9.84 Å². The van der Waals surface area contributed by atoms with E-state index in [9.17, 15) is 8.42 Å². The van der Waals surface area contributed by atoms with Gasteiger partial charge in [0.05, 0.1) is 12.0 Å². The molecule has 1 aromatic carbocycles. The number of hydrogen-bond acceptors (Lipinski definition) is 4. The Morgan fingerprint density at radius 1 is 1.44 bits per heavy atom. The number of methoxy groups -OCH3 is 1. The summed E-state index contributed by atoms with van der Waals surface area (Å²) in [4.78, 5) is 0.239. The highest BCUT2D eigenvalue weighted by atomic mass is 32.2. The smallest absolute Gasteiger partial charge is 0.175 e. The van der Waals surface area contributed by atoms with Crippen LogP contribution in [0.15, 0.2) is 23.1 Å². The number of rotatable bonds is 4. The van der Waals surface area contributed by atoms with Gasteiger partial charge in [-0.3, -0.25) is 0 Å². The van der Waals surface area contributed by atoms with Gasteiger partial charge in [0.25, 0.3) is 0 Å². The maximum absolute atomic E-state index is 11.4. The van der Waals surface area contributed by atoms with Crippen molar-refractivity contribution in [1.82, 2.24) is 0 Å². The first kappa shape index (κ1) is 13.0. The van der Waals surface area contributed by atoms with Gasteiger partial charge in [0, 0.05) is 24.3 Å². The van der Waals surface area contributed by atoms with Crippen LogP contribution in [0.4, 0.5) is 0 Å². The molecule has 4 nitrogen and oxygen atoms in total. The highest BCUT2D eigenvalue weighted by molar-refractivity contribution is 7.90. The minimum Gasteiger partial charge on any atom is -0.496 e. The Kier molecular flexibility index (Phi) is 3.93. The Labute approximate surface area is 95.8 Å². The van der Waals surface area contributed by atoms with Gasteiger partial charge >= 0.3 is 0 Å². The molecular formula is C11H16O4S. The summed E-state index contributed by atoms with van der Waals surface area (Å²) in [6.07, 6.45) is 1.15. The van der Waals surface area contributed by atoms with Crippen LogP contribution >= 0.6 is 0 Å². The van der Waals surface area contributed by atoms with Gasteiger partial charge < -0.3 is 9.84 Å². The van der Waals surface area contributed by atoms with Crippen molar-refractivity contribution in [2.45, 2.75) is 17.7 Å². The molecule has 0 saturated carbocycles. The summed E-state index contributed by atoms with van der Waals surface area (Å²) >= 11 is 0. The quantitative estimate of drug-likeness (QED) is 0.864. The SMILES string of the molecule is COc1ccc(S(C)(=O)=O)cc1C(C)CO. The Hall–Kier alpha value is -1.07. The second kappa shape index (κ2) is 4.84. The van der Waals surface area contributed by atoms with Gasteiger partial charge in [0.15, 0.2) is 9.84 Å². The van der Waals surface area contributed by atoms with E-state index in [0.29, 0.717) is 11.3 Å². The van der Waals surface area contributed by atoms with Crippen LogP contribution in [-0.2, 0) is 9.84 Å². The molecule has 0 aromatic heterocycles. The van der Waals surface area contributed by atoms with Gasteiger partial charge in [0.2, 0.25) is 0 Å². The van der Waals surface area contributed by atoms with E-state index in [1.165, 1.54) is 13.2 Å². The lowest BCUT2D eigenvalue weighted by atomic mass is 10.0. The van der Waals surface area contributed by atoms with Crippen molar-refractivity contribution < 1.29 is 18.3 Å². The van der Waals surface area contributed by atoms with E-state index in [1.807, 2.05) is 6.92 Å². The van der Waals surface area contributed by atoms with Crippen molar-refractivity contribution in [3.05, 3.63) is 23.8 Å². The van der Waals surface area contributed by atoms with Crippen molar-refractivity contribution in [2.24, 2.45) is 0 Å². The third-order valence-corrected chi connectivity index (χ3v) is 3.54. The highest BCUT2D eigenvalue weighted by Crippen LogP contribution is 2.28. The van der Waals surface area contributed by atoms with Crippen LogP contribution in [0.5, 0.6) is 5.75 Å². The summed E-state index contributed by atoms with van der Waals surface area (Å²) in [5.74, 6) is 0.436. The van der Waals surface area contributed by atoms with Crippen LogP contribution in [0.25, 0.3) is 0 Å². The van der Waals surface area contributed by atoms with Crippen LogP contribution in [0.1, 0.15) is 18.4 Å². The van der Waals surface area contributed by atoms with Crippen molar-refractivity contribution in [1.29, 1.82) is 0 Å². The zero-order valence-electron chi connectivity index (χ0n) is 9.60. The molecule has 1 unspecified atom stereocenters. The Morgan fingerprint density at radius 2 is 2.06 bits per heavy atom. The molecule has 1 aromatic rings. The van der Waals surface area contributed by atoms with E-state index in [4.69, 9.17) is 9.84 Å². The largest absolute Gasteiger partial charge is 0.496 e. The third-order valence-electron chi connectivity index (χ3n) is 2.43. The average molecular weight is 244 g/mol. The van der Waals surface area contributed by atoms with Crippen molar-refractivity contribution in [3.63, 3.8) is 0 Å². The molecule has 0 aliphatic heterocycles. The molecule has 1 N–H and O–H groups in total. The summed E-state index contributed by atoms with van der Waals surface area (Å²) in [6, 6.07) is 4.66. The van der Waals surface area contributed by atoms with Gasteiger partial charge in [-0.15, -0.1) is 0 Å². The molecule has 0 aliphatic rings. The third kappa shape index (κ3) is 2.74. The normalized spacial score (nSPS) is 13.5. The molecule has 1 atom stereocenters. The topological polar surface area (TPSA) is 63.6 Å². The van der Waals surface area contributed by atoms with Crippen LogP contribution in [-0.4, -0.2) is 33.5 Å². The van der Waals surface area contributed by atoms with Gasteiger partial charge in [-0.2, -0.15) is 0 Å². The van der Waals surface area contributed by atoms with Gasteiger partial charge in [-0.25, -0.2) is 8.42 Å². The van der Waals surface area contributed by atoms with E-state index in [0.717, 1.165) is 6.26 Å². The first-order valence-corrected chi connectivity index (χ1v) is 6.78. The summed E-state index contributed by atoms with van der Waals surface area (Å²) in [5, 5.41) is 9.10. The predicted molar refractivity (Wildman–Crippen MR) is 61.6 cm³/mol. The molecule has 0 saturated heterocycles. The zero-order chi connectivity index (χ0) is 12.3.